The normalized spacial score (nSPS) is 14.4. The van der Waals surface area contributed by atoms with Crippen LogP contribution in [-0.2, 0) is 23.1 Å². The number of benzene rings is 1. The van der Waals surface area contributed by atoms with Crippen LogP contribution in [-0.4, -0.2) is 17.7 Å². The van der Waals surface area contributed by atoms with E-state index in [0.717, 1.165) is 37.2 Å². The number of carbonyl (C=O) groups is 1. The maximum absolute atomic E-state index is 10.8. The van der Waals surface area contributed by atoms with E-state index >= 15 is 0 Å². The molecular weight excluding hydrogens is 364 g/mol. The van der Waals surface area contributed by atoms with E-state index in [4.69, 9.17) is 14.3 Å². The highest BCUT2D eigenvalue weighted by Crippen LogP contribution is 2.40. The molecule has 0 saturated carbocycles. The largest absolute Gasteiger partial charge is 0.493 e. The van der Waals surface area contributed by atoms with Crippen molar-refractivity contribution in [2.24, 2.45) is 0 Å². The monoisotopic (exact) mass is 394 g/mol. The molecule has 4 heteroatoms. The Morgan fingerprint density at radius 1 is 1.17 bits per heavy atom. The third-order valence-corrected chi connectivity index (χ3v) is 5.53. The van der Waals surface area contributed by atoms with Gasteiger partial charge in [0.1, 0.15) is 17.9 Å². The molecule has 3 rings (SSSR count). The minimum absolute atomic E-state index is 0.0596. The van der Waals surface area contributed by atoms with Gasteiger partial charge in [0.15, 0.2) is 5.76 Å². The van der Waals surface area contributed by atoms with Crippen LogP contribution in [0.5, 0.6) is 5.75 Å². The van der Waals surface area contributed by atoms with Gasteiger partial charge in [-0.1, -0.05) is 46.0 Å². The van der Waals surface area contributed by atoms with Crippen LogP contribution in [0.3, 0.4) is 0 Å². The van der Waals surface area contributed by atoms with E-state index in [0.29, 0.717) is 11.5 Å². The Hall–Kier alpha value is -2.67. The van der Waals surface area contributed by atoms with Gasteiger partial charge in [-0.3, -0.25) is 4.79 Å². The molecule has 1 aliphatic heterocycles. The molecule has 0 unspecified atom stereocenters. The van der Waals surface area contributed by atoms with Crippen LogP contribution in [0.1, 0.15) is 81.1 Å². The fourth-order valence-electron chi connectivity index (χ4n) is 3.70. The van der Waals surface area contributed by atoms with Crippen molar-refractivity contribution in [3.05, 3.63) is 52.5 Å². The first-order valence-corrected chi connectivity index (χ1v) is 10.5. The molecule has 154 valence electrons. The highest BCUT2D eigenvalue weighted by molar-refractivity contribution is 5.69. The molecule has 0 aliphatic carbocycles. The number of hydrogen-bond donors (Lipinski definition) is 1. The second-order valence-electron chi connectivity index (χ2n) is 8.38. The third-order valence-electron chi connectivity index (χ3n) is 5.53. The standard InChI is InChI=1S/C25H30O4/c1-4-5-6-7-8-18-16-23-22(25(2,3)13-14-28-23)15-19(18)9-10-20-11-12-21(29-20)17-24(26)27/h11-12,15-16H,4-8,13-14,17H2,1-3H3,(H,26,27). The summed E-state index contributed by atoms with van der Waals surface area (Å²) in [7, 11) is 0. The summed E-state index contributed by atoms with van der Waals surface area (Å²) in [4.78, 5) is 10.8. The number of hydrogen-bond acceptors (Lipinski definition) is 3. The smallest absolute Gasteiger partial charge is 0.311 e. The van der Waals surface area contributed by atoms with Gasteiger partial charge in [-0.05, 0) is 60.4 Å². The van der Waals surface area contributed by atoms with Crippen molar-refractivity contribution < 1.29 is 19.1 Å². The molecule has 2 heterocycles. The predicted molar refractivity (Wildman–Crippen MR) is 113 cm³/mol. The van der Waals surface area contributed by atoms with Crippen LogP contribution in [0.4, 0.5) is 0 Å². The van der Waals surface area contributed by atoms with Crippen molar-refractivity contribution >= 4 is 5.97 Å². The van der Waals surface area contributed by atoms with Gasteiger partial charge < -0.3 is 14.3 Å². The van der Waals surface area contributed by atoms with Crippen LogP contribution in [0, 0.1) is 11.8 Å². The molecule has 0 saturated heterocycles. The molecule has 4 nitrogen and oxygen atoms in total. The summed E-state index contributed by atoms with van der Waals surface area (Å²) < 4.78 is 11.5. The van der Waals surface area contributed by atoms with Gasteiger partial charge in [0.25, 0.3) is 0 Å². The zero-order valence-corrected chi connectivity index (χ0v) is 17.6. The van der Waals surface area contributed by atoms with E-state index in [-0.39, 0.29) is 11.8 Å². The zero-order chi connectivity index (χ0) is 20.9. The number of ether oxygens (including phenoxy) is 1. The lowest BCUT2D eigenvalue weighted by atomic mass is 9.78. The molecule has 2 aromatic rings. The Labute approximate surface area is 173 Å². The quantitative estimate of drug-likeness (QED) is 0.498. The molecule has 1 aromatic carbocycles. The lowest BCUT2D eigenvalue weighted by Crippen LogP contribution is -2.27. The van der Waals surface area contributed by atoms with E-state index in [9.17, 15) is 4.79 Å². The minimum atomic E-state index is -0.912. The number of carboxylic acids is 1. The van der Waals surface area contributed by atoms with Crippen LogP contribution in [0.15, 0.2) is 28.7 Å². The Morgan fingerprint density at radius 3 is 2.76 bits per heavy atom. The zero-order valence-electron chi connectivity index (χ0n) is 17.6. The van der Waals surface area contributed by atoms with Crippen molar-refractivity contribution in [2.45, 2.75) is 71.1 Å². The molecule has 0 radical (unpaired) electrons. The Kier molecular flexibility index (Phi) is 6.69. The number of aryl methyl sites for hydroxylation is 1. The SMILES string of the molecule is CCCCCCc1cc2c(cc1C#Cc1ccc(CC(=O)O)o1)C(C)(C)CCO2. The first kappa shape index (κ1) is 21.0. The molecule has 1 aliphatic rings. The lowest BCUT2D eigenvalue weighted by Gasteiger charge is -2.33. The summed E-state index contributed by atoms with van der Waals surface area (Å²) in [5.74, 6) is 7.34. The van der Waals surface area contributed by atoms with Crippen molar-refractivity contribution in [3.8, 4) is 17.6 Å². The van der Waals surface area contributed by atoms with Gasteiger partial charge in [-0.15, -0.1) is 0 Å². The molecule has 1 aromatic heterocycles. The van der Waals surface area contributed by atoms with Gasteiger partial charge in [0, 0.05) is 11.1 Å². The summed E-state index contributed by atoms with van der Waals surface area (Å²) in [6, 6.07) is 7.76. The van der Waals surface area contributed by atoms with Crippen molar-refractivity contribution in [1.29, 1.82) is 0 Å². The fourth-order valence-corrected chi connectivity index (χ4v) is 3.70. The molecule has 29 heavy (non-hydrogen) atoms. The van der Waals surface area contributed by atoms with Crippen molar-refractivity contribution in [3.63, 3.8) is 0 Å². The van der Waals surface area contributed by atoms with E-state index in [2.05, 4.69) is 44.7 Å². The highest BCUT2D eigenvalue weighted by Gasteiger charge is 2.29. The third kappa shape index (κ3) is 5.44. The second-order valence-corrected chi connectivity index (χ2v) is 8.38. The maximum Gasteiger partial charge on any atom is 0.311 e. The number of fused-ring (bicyclic) bond motifs is 1. The first-order chi connectivity index (χ1) is 13.9. The van der Waals surface area contributed by atoms with E-state index < -0.39 is 5.97 Å². The van der Waals surface area contributed by atoms with Gasteiger partial charge in [-0.25, -0.2) is 0 Å². The lowest BCUT2D eigenvalue weighted by molar-refractivity contribution is -0.136. The van der Waals surface area contributed by atoms with E-state index in [1.165, 1.54) is 30.4 Å². The molecule has 0 fully saturated rings. The molecular formula is C25H30O4. The maximum atomic E-state index is 10.8. The van der Waals surface area contributed by atoms with Crippen LogP contribution < -0.4 is 4.74 Å². The van der Waals surface area contributed by atoms with Crippen LogP contribution in [0.2, 0.25) is 0 Å². The van der Waals surface area contributed by atoms with Crippen molar-refractivity contribution in [2.75, 3.05) is 6.61 Å². The first-order valence-electron chi connectivity index (χ1n) is 10.5. The predicted octanol–water partition coefficient (Wildman–Crippen LogP) is 5.49. The number of carboxylic acid groups (broad SMARTS) is 1. The molecule has 0 bridgehead atoms. The molecule has 0 spiro atoms. The summed E-state index contributed by atoms with van der Waals surface area (Å²) in [6.45, 7) is 7.46. The number of rotatable bonds is 7. The van der Waals surface area contributed by atoms with E-state index in [1.54, 1.807) is 12.1 Å². The highest BCUT2D eigenvalue weighted by atomic mass is 16.5. The topological polar surface area (TPSA) is 59.7 Å². The number of furan rings is 1. The molecule has 1 N–H and O–H groups in total. The summed E-state index contributed by atoms with van der Waals surface area (Å²) in [5.41, 5.74) is 3.48. The van der Waals surface area contributed by atoms with Gasteiger partial charge in [0.2, 0.25) is 0 Å². The number of unbranched alkanes of at least 4 members (excludes halogenated alkanes) is 3. The Balaban J connectivity index is 1.91. The Morgan fingerprint density at radius 2 is 2.00 bits per heavy atom. The average molecular weight is 395 g/mol. The molecule has 0 atom stereocenters. The van der Waals surface area contributed by atoms with Crippen LogP contribution in [0.25, 0.3) is 0 Å². The van der Waals surface area contributed by atoms with Gasteiger partial charge in [0.05, 0.1) is 6.61 Å². The van der Waals surface area contributed by atoms with Gasteiger partial charge in [-0.2, -0.15) is 0 Å². The fraction of sp³-hybridized carbons (Fsp3) is 0.480. The molecule has 0 amide bonds. The van der Waals surface area contributed by atoms with Crippen LogP contribution >= 0.6 is 0 Å². The summed E-state index contributed by atoms with van der Waals surface area (Å²) in [6.07, 6.45) is 6.63. The van der Waals surface area contributed by atoms with E-state index in [1.807, 2.05) is 0 Å². The van der Waals surface area contributed by atoms with Gasteiger partial charge >= 0.3 is 5.97 Å². The number of aliphatic carboxylic acids is 1. The Bertz CT molecular complexity index is 924. The summed E-state index contributed by atoms with van der Waals surface area (Å²) in [5, 5.41) is 8.89. The minimum Gasteiger partial charge on any atom is -0.493 e. The average Bonchev–Trinajstić information content (AvgIpc) is 3.10. The second kappa shape index (κ2) is 9.22. The van der Waals surface area contributed by atoms with Crippen molar-refractivity contribution in [1.82, 2.24) is 0 Å². The summed E-state index contributed by atoms with van der Waals surface area (Å²) >= 11 is 0.